The van der Waals surface area contributed by atoms with Gasteiger partial charge in [-0.3, -0.25) is 0 Å². The lowest BCUT2D eigenvalue weighted by Gasteiger charge is -2.40. The summed E-state index contributed by atoms with van der Waals surface area (Å²) >= 11 is 0. The van der Waals surface area contributed by atoms with E-state index < -0.39 is 47.7 Å². The van der Waals surface area contributed by atoms with Crippen LogP contribution in [0.2, 0.25) is 0 Å². The third kappa shape index (κ3) is 5.16. The van der Waals surface area contributed by atoms with Crippen LogP contribution in [-0.2, 0) is 11.2 Å². The molecule has 1 rings (SSSR count). The average molecular weight is 538 g/mol. The van der Waals surface area contributed by atoms with Gasteiger partial charge in [0, 0.05) is 18.8 Å². The van der Waals surface area contributed by atoms with Gasteiger partial charge in [-0.15, -0.1) is 0 Å². The highest BCUT2D eigenvalue weighted by Crippen LogP contribution is 2.62. The second kappa shape index (κ2) is 9.71. The number of unbranched alkanes of at least 4 members (excludes halogenated alkanes) is 1. The van der Waals surface area contributed by atoms with Crippen LogP contribution in [0.25, 0.3) is 0 Å². The number of H-pyrrole nitrogens is 1. The monoisotopic (exact) mass is 538 g/mol. The van der Waals surface area contributed by atoms with Gasteiger partial charge in [0.1, 0.15) is 5.82 Å². The first-order valence-electron chi connectivity index (χ1n) is 8.43. The Kier molecular flexibility index (Phi) is 9.03. The molecule has 0 aliphatic carbocycles. The molecule has 0 spiro atoms. The molecule has 0 fully saturated rings. The zero-order valence-corrected chi connectivity index (χ0v) is 16.2. The van der Waals surface area contributed by atoms with Crippen molar-refractivity contribution < 1.29 is 75.8 Å². The number of carbonyl (C=O) groups is 1. The average Bonchev–Trinajstić information content (AvgIpc) is 3.18. The number of nitrogens with zero attached hydrogens (tertiary/aromatic N) is 1. The van der Waals surface area contributed by atoms with Crippen LogP contribution in [0.3, 0.4) is 0 Å². The summed E-state index contributed by atoms with van der Waals surface area (Å²) in [5.41, 5.74) is 0. The van der Waals surface area contributed by atoms with E-state index in [1.54, 1.807) is 6.20 Å². The van der Waals surface area contributed by atoms with E-state index in [9.17, 15) is 70.7 Å². The predicted molar refractivity (Wildman–Crippen MR) is 80.6 cm³/mol. The van der Waals surface area contributed by atoms with Gasteiger partial charge in [-0.2, -0.15) is 65.9 Å². The third-order valence-corrected chi connectivity index (χ3v) is 3.92. The standard InChI is InChI=1S/C8HF15O2.C7H12N2/c9-2(10,1(24)25)3(11,12)4(13,14)5(15,16)6(17,18)7(19,20)8(21,22)23;1-2-3-4-7-8-5-6-9-7/h(H,24,25);5-6H,2-4H2,1H3,(H,8,9). The molecule has 0 atom stereocenters. The summed E-state index contributed by atoms with van der Waals surface area (Å²) in [7, 11) is 0. The lowest BCUT2D eigenvalue weighted by atomic mass is 9.91. The molecule has 0 saturated carbocycles. The largest absolute Gasteiger partial charge is 0.477 e. The number of imidazole rings is 1. The number of carboxylic acids is 1. The maximum Gasteiger partial charge on any atom is 0.460 e. The molecule has 34 heavy (non-hydrogen) atoms. The smallest absolute Gasteiger partial charge is 0.460 e. The molecule has 1 aromatic heterocycles. The molecule has 0 bridgehead atoms. The SMILES string of the molecule is CCCCc1ncc[nH]1.O=C(O)C(F)(F)C(F)(F)C(F)(F)C(F)(F)C(F)(F)C(F)(F)C(F)(F)F. The van der Waals surface area contributed by atoms with E-state index in [0.717, 1.165) is 12.2 Å². The van der Waals surface area contributed by atoms with E-state index in [1.165, 1.54) is 12.8 Å². The summed E-state index contributed by atoms with van der Waals surface area (Å²) < 4.78 is 187. The van der Waals surface area contributed by atoms with E-state index in [1.807, 2.05) is 6.20 Å². The molecule has 19 heteroatoms. The van der Waals surface area contributed by atoms with E-state index in [4.69, 9.17) is 5.11 Å². The quantitative estimate of drug-likeness (QED) is 0.369. The fraction of sp³-hybridized carbons (Fsp3) is 0.733. The van der Waals surface area contributed by atoms with E-state index in [-0.39, 0.29) is 0 Å². The molecule has 0 aliphatic rings. The molecular formula is C15H13F15N2O2. The minimum Gasteiger partial charge on any atom is -0.477 e. The second-order valence-electron chi connectivity index (χ2n) is 6.39. The number of rotatable bonds is 9. The number of aromatic amines is 1. The third-order valence-electron chi connectivity index (χ3n) is 3.92. The van der Waals surface area contributed by atoms with Gasteiger partial charge in [0.2, 0.25) is 0 Å². The number of hydrogen-bond donors (Lipinski definition) is 2. The predicted octanol–water partition coefficient (Wildman–Crippen LogP) is 6.20. The molecule has 200 valence electrons. The Morgan fingerprint density at radius 2 is 1.21 bits per heavy atom. The highest BCUT2D eigenvalue weighted by Gasteiger charge is 2.94. The van der Waals surface area contributed by atoms with Gasteiger partial charge in [0.05, 0.1) is 0 Å². The van der Waals surface area contributed by atoms with Gasteiger partial charge in [-0.1, -0.05) is 13.3 Å². The van der Waals surface area contributed by atoms with Crippen molar-refractivity contribution in [2.45, 2.75) is 67.9 Å². The van der Waals surface area contributed by atoms with Gasteiger partial charge in [-0.25, -0.2) is 9.78 Å². The molecule has 0 unspecified atom stereocenters. The Morgan fingerprint density at radius 3 is 1.53 bits per heavy atom. The van der Waals surface area contributed by atoms with Gasteiger partial charge in [0.25, 0.3) is 0 Å². The topological polar surface area (TPSA) is 66.0 Å². The Labute approximate surface area is 179 Å². The van der Waals surface area contributed by atoms with Gasteiger partial charge >= 0.3 is 47.7 Å². The zero-order valence-electron chi connectivity index (χ0n) is 16.2. The Morgan fingerprint density at radius 1 is 0.794 bits per heavy atom. The number of aryl methyl sites for hydroxylation is 1. The van der Waals surface area contributed by atoms with E-state index >= 15 is 0 Å². The fourth-order valence-electron chi connectivity index (χ4n) is 1.88. The first-order chi connectivity index (χ1) is 14.9. The van der Waals surface area contributed by atoms with Crippen molar-refractivity contribution >= 4 is 5.97 Å². The van der Waals surface area contributed by atoms with Crippen molar-refractivity contribution in [3.63, 3.8) is 0 Å². The molecule has 0 amide bonds. The maximum atomic E-state index is 12.8. The van der Waals surface area contributed by atoms with Crippen LogP contribution in [0.4, 0.5) is 65.9 Å². The fourth-order valence-corrected chi connectivity index (χ4v) is 1.88. The minimum atomic E-state index is -8.47. The van der Waals surface area contributed by atoms with E-state index in [0.29, 0.717) is 0 Å². The van der Waals surface area contributed by atoms with Gasteiger partial charge < -0.3 is 10.1 Å². The number of hydrogen-bond acceptors (Lipinski definition) is 2. The van der Waals surface area contributed by atoms with Crippen LogP contribution in [0.5, 0.6) is 0 Å². The number of aliphatic carboxylic acids is 1. The van der Waals surface area contributed by atoms with Crippen molar-refractivity contribution in [2.24, 2.45) is 0 Å². The van der Waals surface area contributed by atoms with Crippen LogP contribution >= 0.6 is 0 Å². The second-order valence-corrected chi connectivity index (χ2v) is 6.39. The highest BCUT2D eigenvalue weighted by molar-refractivity contribution is 5.77. The zero-order chi connectivity index (χ0) is 27.6. The van der Waals surface area contributed by atoms with Gasteiger partial charge in [0.15, 0.2) is 0 Å². The molecule has 2 N–H and O–H groups in total. The summed E-state index contributed by atoms with van der Waals surface area (Å²) in [5.74, 6) is -51.7. The number of carboxylic acid groups (broad SMARTS) is 1. The molecule has 1 aromatic rings. The molecular weight excluding hydrogens is 525 g/mol. The van der Waals surface area contributed by atoms with Crippen molar-refractivity contribution in [3.05, 3.63) is 18.2 Å². The summed E-state index contributed by atoms with van der Waals surface area (Å²) in [6, 6.07) is 0. The lowest BCUT2D eigenvalue weighted by Crippen LogP contribution is -2.73. The lowest BCUT2D eigenvalue weighted by molar-refractivity contribution is -0.450. The van der Waals surface area contributed by atoms with Crippen molar-refractivity contribution in [1.29, 1.82) is 0 Å². The number of alkyl halides is 15. The molecule has 0 aromatic carbocycles. The van der Waals surface area contributed by atoms with Crippen molar-refractivity contribution in [1.82, 2.24) is 9.97 Å². The Bertz CT molecular complexity index is 803. The molecule has 0 saturated heterocycles. The van der Waals surface area contributed by atoms with Crippen LogP contribution in [0.1, 0.15) is 25.6 Å². The number of aromatic nitrogens is 2. The van der Waals surface area contributed by atoms with Crippen LogP contribution in [-0.4, -0.2) is 62.8 Å². The van der Waals surface area contributed by atoms with Crippen LogP contribution < -0.4 is 0 Å². The molecule has 4 nitrogen and oxygen atoms in total. The summed E-state index contributed by atoms with van der Waals surface area (Å²) in [4.78, 5) is 16.9. The van der Waals surface area contributed by atoms with E-state index in [2.05, 4.69) is 16.9 Å². The Balaban J connectivity index is 0.000000999. The normalized spacial score (nSPS) is 14.5. The van der Waals surface area contributed by atoms with Gasteiger partial charge in [-0.05, 0) is 6.42 Å². The van der Waals surface area contributed by atoms with Crippen LogP contribution in [0, 0.1) is 0 Å². The molecule has 1 heterocycles. The summed E-state index contributed by atoms with van der Waals surface area (Å²) in [6.45, 7) is 2.18. The molecule has 0 aliphatic heterocycles. The number of nitrogens with one attached hydrogen (secondary N) is 1. The van der Waals surface area contributed by atoms with Crippen molar-refractivity contribution in [2.75, 3.05) is 0 Å². The first kappa shape index (κ1) is 31.6. The highest BCUT2D eigenvalue weighted by atomic mass is 19.4. The Hall–Kier alpha value is -2.37. The summed E-state index contributed by atoms with van der Waals surface area (Å²) in [5, 5.41) is 7.57. The van der Waals surface area contributed by atoms with Crippen LogP contribution in [0.15, 0.2) is 12.4 Å². The summed E-state index contributed by atoms with van der Waals surface area (Å²) in [6.07, 6.45) is -0.478. The minimum absolute atomic E-state index is 1.09. The maximum absolute atomic E-state index is 12.8. The van der Waals surface area contributed by atoms with Crippen molar-refractivity contribution in [3.8, 4) is 0 Å². The number of halogens is 15. The molecule has 0 radical (unpaired) electrons. The first-order valence-corrected chi connectivity index (χ1v) is 8.43.